The van der Waals surface area contributed by atoms with E-state index in [-0.39, 0.29) is 0 Å². The molecular formula is C22H21N3S. The van der Waals surface area contributed by atoms with Crippen molar-refractivity contribution < 1.29 is 0 Å². The van der Waals surface area contributed by atoms with E-state index in [1.165, 1.54) is 16.7 Å². The number of nitrogens with one attached hydrogen (secondary N) is 2. The monoisotopic (exact) mass is 359 g/mol. The molecule has 0 bridgehead atoms. The van der Waals surface area contributed by atoms with Gasteiger partial charge in [0.2, 0.25) is 0 Å². The van der Waals surface area contributed by atoms with Crippen LogP contribution < -0.4 is 10.7 Å². The second-order valence-electron chi connectivity index (χ2n) is 6.08. The molecule has 0 aliphatic heterocycles. The number of hydrazone groups is 1. The van der Waals surface area contributed by atoms with Gasteiger partial charge in [-0.1, -0.05) is 66.7 Å². The van der Waals surface area contributed by atoms with Gasteiger partial charge in [-0.25, -0.2) is 0 Å². The van der Waals surface area contributed by atoms with Gasteiger partial charge < -0.3 is 5.32 Å². The summed E-state index contributed by atoms with van der Waals surface area (Å²) in [6.07, 6.45) is 0. The van der Waals surface area contributed by atoms with E-state index in [0.717, 1.165) is 17.0 Å². The van der Waals surface area contributed by atoms with Gasteiger partial charge in [0.25, 0.3) is 0 Å². The predicted octanol–water partition coefficient (Wildman–Crippen LogP) is 5.37. The Morgan fingerprint density at radius 3 is 2.23 bits per heavy atom. The quantitative estimate of drug-likeness (QED) is 0.373. The summed E-state index contributed by atoms with van der Waals surface area (Å²) >= 11 is 5.30. The molecule has 3 nitrogen and oxygen atoms in total. The molecule has 0 saturated carbocycles. The Balaban J connectivity index is 1.63. The van der Waals surface area contributed by atoms with Crippen LogP contribution >= 0.6 is 12.2 Å². The van der Waals surface area contributed by atoms with Crippen LogP contribution in [0.15, 0.2) is 84.0 Å². The molecule has 0 unspecified atom stereocenters. The first-order valence-electron chi connectivity index (χ1n) is 8.45. The van der Waals surface area contributed by atoms with Crippen molar-refractivity contribution in [2.24, 2.45) is 5.10 Å². The van der Waals surface area contributed by atoms with E-state index in [1.54, 1.807) is 0 Å². The van der Waals surface area contributed by atoms with Gasteiger partial charge in [0, 0.05) is 5.69 Å². The summed E-state index contributed by atoms with van der Waals surface area (Å²) in [7, 11) is 0. The molecule has 130 valence electrons. The van der Waals surface area contributed by atoms with Crippen LogP contribution in [0.3, 0.4) is 0 Å². The zero-order valence-corrected chi connectivity index (χ0v) is 15.7. The molecule has 0 radical (unpaired) electrons. The molecule has 0 aliphatic rings. The summed E-state index contributed by atoms with van der Waals surface area (Å²) < 4.78 is 0. The Labute approximate surface area is 159 Å². The van der Waals surface area contributed by atoms with Crippen molar-refractivity contribution in [2.45, 2.75) is 13.8 Å². The van der Waals surface area contributed by atoms with Crippen molar-refractivity contribution in [2.75, 3.05) is 5.32 Å². The van der Waals surface area contributed by atoms with Gasteiger partial charge in [-0.15, -0.1) is 0 Å². The highest BCUT2D eigenvalue weighted by molar-refractivity contribution is 7.80. The van der Waals surface area contributed by atoms with Crippen LogP contribution in [0, 0.1) is 6.92 Å². The minimum Gasteiger partial charge on any atom is -0.331 e. The van der Waals surface area contributed by atoms with Crippen LogP contribution in [0.2, 0.25) is 0 Å². The molecule has 3 rings (SSSR count). The van der Waals surface area contributed by atoms with Gasteiger partial charge in [0.05, 0.1) is 5.71 Å². The van der Waals surface area contributed by atoms with Crippen LogP contribution in [0.5, 0.6) is 0 Å². The molecule has 3 aromatic carbocycles. The summed E-state index contributed by atoms with van der Waals surface area (Å²) in [6, 6.07) is 26.7. The Morgan fingerprint density at radius 1 is 0.846 bits per heavy atom. The van der Waals surface area contributed by atoms with Crippen molar-refractivity contribution in [1.82, 2.24) is 5.43 Å². The maximum atomic E-state index is 5.30. The molecule has 3 aromatic rings. The largest absolute Gasteiger partial charge is 0.331 e. The Morgan fingerprint density at radius 2 is 1.54 bits per heavy atom. The molecule has 0 aliphatic carbocycles. The summed E-state index contributed by atoms with van der Waals surface area (Å²) in [6.45, 7) is 4.00. The number of rotatable bonds is 4. The molecular weight excluding hydrogens is 338 g/mol. The zero-order chi connectivity index (χ0) is 18.4. The lowest BCUT2D eigenvalue weighted by Crippen LogP contribution is -2.25. The average Bonchev–Trinajstić information content (AvgIpc) is 2.67. The van der Waals surface area contributed by atoms with E-state index >= 15 is 0 Å². The van der Waals surface area contributed by atoms with E-state index in [1.807, 2.05) is 56.3 Å². The van der Waals surface area contributed by atoms with E-state index in [2.05, 4.69) is 52.2 Å². The molecule has 26 heavy (non-hydrogen) atoms. The van der Waals surface area contributed by atoms with Gasteiger partial charge in [0.15, 0.2) is 5.11 Å². The topological polar surface area (TPSA) is 36.4 Å². The lowest BCUT2D eigenvalue weighted by molar-refractivity contribution is 1.04. The lowest BCUT2D eigenvalue weighted by atomic mass is 10.0. The third kappa shape index (κ3) is 4.77. The van der Waals surface area contributed by atoms with Crippen LogP contribution in [0.4, 0.5) is 5.69 Å². The van der Waals surface area contributed by atoms with E-state index in [0.29, 0.717) is 5.11 Å². The van der Waals surface area contributed by atoms with Crippen LogP contribution in [-0.2, 0) is 0 Å². The highest BCUT2D eigenvalue weighted by atomic mass is 32.1. The highest BCUT2D eigenvalue weighted by Gasteiger charge is 2.01. The standard InChI is InChI=1S/C22H21N3S/c1-16-7-6-10-21(15-16)23-22(26)25-24-17(2)18-11-13-20(14-12-18)19-8-4-3-5-9-19/h3-15H,1-2H3,(H2,23,25,26). The number of benzene rings is 3. The van der Waals surface area contributed by atoms with E-state index in [4.69, 9.17) is 12.2 Å². The second-order valence-corrected chi connectivity index (χ2v) is 6.48. The molecule has 0 aromatic heterocycles. The molecule has 0 amide bonds. The molecule has 4 heteroatoms. The second kappa shape index (κ2) is 8.41. The summed E-state index contributed by atoms with van der Waals surface area (Å²) in [4.78, 5) is 0. The Hall–Kier alpha value is -2.98. The van der Waals surface area contributed by atoms with Crippen LogP contribution in [0.25, 0.3) is 11.1 Å². The Kier molecular flexibility index (Phi) is 5.77. The molecule has 0 fully saturated rings. The molecule has 0 spiro atoms. The maximum absolute atomic E-state index is 5.30. The Bertz CT molecular complexity index is 916. The fraction of sp³-hybridized carbons (Fsp3) is 0.0909. The van der Waals surface area contributed by atoms with Gasteiger partial charge >= 0.3 is 0 Å². The zero-order valence-electron chi connectivity index (χ0n) is 14.9. The van der Waals surface area contributed by atoms with Gasteiger partial charge in [-0.2, -0.15) is 5.10 Å². The highest BCUT2D eigenvalue weighted by Crippen LogP contribution is 2.19. The molecule has 0 atom stereocenters. The third-order valence-corrected chi connectivity index (χ3v) is 4.20. The molecule has 0 saturated heterocycles. The fourth-order valence-electron chi connectivity index (χ4n) is 2.62. The van der Waals surface area contributed by atoms with Crippen molar-refractivity contribution in [3.63, 3.8) is 0 Å². The molecule has 0 heterocycles. The summed E-state index contributed by atoms with van der Waals surface area (Å²) in [5, 5.41) is 7.98. The first-order valence-corrected chi connectivity index (χ1v) is 8.86. The minimum absolute atomic E-state index is 0.468. The molecule has 2 N–H and O–H groups in total. The number of hydrogen-bond donors (Lipinski definition) is 2. The van der Waals surface area contributed by atoms with Crippen molar-refractivity contribution >= 4 is 28.7 Å². The first-order chi connectivity index (χ1) is 12.6. The summed E-state index contributed by atoms with van der Waals surface area (Å²) in [5.74, 6) is 0. The summed E-state index contributed by atoms with van der Waals surface area (Å²) in [5.41, 5.74) is 9.34. The normalized spacial score (nSPS) is 11.1. The third-order valence-electron chi connectivity index (χ3n) is 4.01. The van der Waals surface area contributed by atoms with Crippen LogP contribution in [-0.4, -0.2) is 10.8 Å². The maximum Gasteiger partial charge on any atom is 0.191 e. The van der Waals surface area contributed by atoms with E-state index in [9.17, 15) is 0 Å². The van der Waals surface area contributed by atoms with E-state index < -0.39 is 0 Å². The predicted molar refractivity (Wildman–Crippen MR) is 115 cm³/mol. The van der Waals surface area contributed by atoms with Crippen molar-refractivity contribution in [3.8, 4) is 11.1 Å². The average molecular weight is 359 g/mol. The lowest BCUT2D eigenvalue weighted by Gasteiger charge is -2.09. The number of aryl methyl sites for hydroxylation is 1. The number of thiocarbonyl (C=S) groups is 1. The van der Waals surface area contributed by atoms with Gasteiger partial charge in [-0.05, 0) is 60.5 Å². The first kappa shape index (κ1) is 17.8. The van der Waals surface area contributed by atoms with Gasteiger partial charge in [0.1, 0.15) is 0 Å². The minimum atomic E-state index is 0.468. The number of nitrogens with zero attached hydrogens (tertiary/aromatic N) is 1. The van der Waals surface area contributed by atoms with Crippen molar-refractivity contribution in [1.29, 1.82) is 0 Å². The fourth-order valence-corrected chi connectivity index (χ4v) is 2.78. The SMILES string of the molecule is CC(=NNC(=S)Nc1cccc(C)c1)c1ccc(-c2ccccc2)cc1. The number of anilines is 1. The smallest absolute Gasteiger partial charge is 0.191 e. The van der Waals surface area contributed by atoms with Gasteiger partial charge in [-0.3, -0.25) is 5.43 Å². The number of hydrogen-bond acceptors (Lipinski definition) is 2. The van der Waals surface area contributed by atoms with Crippen LogP contribution in [0.1, 0.15) is 18.1 Å². The van der Waals surface area contributed by atoms with Crippen molar-refractivity contribution in [3.05, 3.63) is 90.0 Å².